The Kier molecular flexibility index (Phi) is 13.3. The fourth-order valence-corrected chi connectivity index (χ4v) is 14.0. The molecule has 11 rings (SSSR count). The number of aliphatic hydroxyl groups excluding tert-OH is 1. The highest BCUT2D eigenvalue weighted by atomic mass is 35.5. The summed E-state index contributed by atoms with van der Waals surface area (Å²) in [4.78, 5) is 56.4. The molecule has 6 aromatic rings. The summed E-state index contributed by atoms with van der Waals surface area (Å²) in [7, 11) is 0. The van der Waals surface area contributed by atoms with Crippen molar-refractivity contribution in [2.75, 3.05) is 26.2 Å². The number of aromatic nitrogens is 6. The van der Waals surface area contributed by atoms with E-state index in [1.54, 1.807) is 22.3 Å². The average molecular weight is 997 g/mol. The van der Waals surface area contributed by atoms with Gasteiger partial charge in [0.25, 0.3) is 5.56 Å². The Morgan fingerprint density at radius 2 is 1.70 bits per heavy atom. The van der Waals surface area contributed by atoms with Crippen LogP contribution in [0.1, 0.15) is 156 Å². The maximum Gasteiger partial charge on any atom is 0.282 e. The maximum absolute atomic E-state index is 14.9. The molecule has 2 saturated carbocycles. The van der Waals surface area contributed by atoms with E-state index in [0.29, 0.717) is 22.2 Å². The largest absolute Gasteiger partial charge is 0.391 e. The standard InChI is InChI=1S/C56H66ClN9O4S/c1-33(36-17-19-40(20-18-36)51-34(2)58-32-71-51)59-52(68)48-28-42(67)30-64(48)54(70)50(39-9-6-5-7-10-39)65-31-45(61-62-65)38-15-13-35(14-16-38)29-63-25-23-37(24-26-63)41-21-22-43-47(27-41)66-46-12-8-11-44(57)49(46)53(69)60-55(66)56(43,3)4/h8,11-12,17-22,27,31-33,35,37-39,42,48,50,67H,5-7,9-10,13-16,23-26,28-30H2,1-4H3,(H,59,68)/t33-,35?,38?,42+,48-,50-/m0/s1. The molecule has 3 aliphatic heterocycles. The zero-order chi connectivity index (χ0) is 49.1. The van der Waals surface area contributed by atoms with E-state index in [0.717, 1.165) is 135 Å². The Morgan fingerprint density at radius 1 is 0.944 bits per heavy atom. The van der Waals surface area contributed by atoms with Crippen molar-refractivity contribution in [3.05, 3.63) is 122 Å². The number of nitrogens with zero attached hydrogens (tertiary/aromatic N) is 8. The van der Waals surface area contributed by atoms with Crippen molar-refractivity contribution in [3.8, 4) is 16.1 Å². The number of carbonyl (C=O) groups excluding carboxylic acids is 2. The molecule has 0 spiro atoms. The van der Waals surface area contributed by atoms with Crippen molar-refractivity contribution in [1.82, 2.24) is 44.6 Å². The molecular weight excluding hydrogens is 930 g/mol. The van der Waals surface area contributed by atoms with Crippen LogP contribution in [0.2, 0.25) is 5.02 Å². The fourth-order valence-electron chi connectivity index (χ4n) is 12.9. The smallest absolute Gasteiger partial charge is 0.282 e. The van der Waals surface area contributed by atoms with Crippen molar-refractivity contribution < 1.29 is 14.7 Å². The molecule has 13 nitrogen and oxygen atoms in total. The molecule has 372 valence electrons. The first-order valence-corrected chi connectivity index (χ1v) is 27.4. The van der Waals surface area contributed by atoms with Gasteiger partial charge in [-0.2, -0.15) is 4.98 Å². The van der Waals surface area contributed by atoms with Crippen molar-refractivity contribution >= 4 is 45.7 Å². The van der Waals surface area contributed by atoms with E-state index in [-0.39, 0.29) is 48.2 Å². The van der Waals surface area contributed by atoms with Gasteiger partial charge in [0.1, 0.15) is 17.9 Å². The van der Waals surface area contributed by atoms with Gasteiger partial charge >= 0.3 is 0 Å². The lowest BCUT2D eigenvalue weighted by molar-refractivity contribution is -0.143. The molecule has 0 unspecified atom stereocenters. The second kappa shape index (κ2) is 19.6. The van der Waals surface area contributed by atoms with Gasteiger partial charge in [0.2, 0.25) is 11.8 Å². The van der Waals surface area contributed by atoms with Gasteiger partial charge in [-0.3, -0.25) is 19.0 Å². The molecule has 2 amide bonds. The van der Waals surface area contributed by atoms with Gasteiger partial charge in [0.15, 0.2) is 0 Å². The number of rotatable bonds is 11. The lowest BCUT2D eigenvalue weighted by Gasteiger charge is -2.36. The molecule has 0 bridgehead atoms. The van der Waals surface area contributed by atoms with Crippen molar-refractivity contribution in [3.63, 3.8) is 0 Å². The van der Waals surface area contributed by atoms with Gasteiger partial charge in [0.05, 0.1) is 60.9 Å². The second-order valence-electron chi connectivity index (χ2n) is 21.9. The van der Waals surface area contributed by atoms with E-state index in [1.807, 2.05) is 54.5 Å². The predicted octanol–water partition coefficient (Wildman–Crippen LogP) is 9.82. The maximum atomic E-state index is 14.9. The molecule has 71 heavy (non-hydrogen) atoms. The first-order valence-electron chi connectivity index (χ1n) is 26.1. The van der Waals surface area contributed by atoms with Crippen LogP contribution in [0.15, 0.2) is 77.2 Å². The minimum absolute atomic E-state index is 0.0858. The van der Waals surface area contributed by atoms with Gasteiger partial charge in [-0.1, -0.05) is 78.5 Å². The number of hydrogen-bond acceptors (Lipinski definition) is 10. The van der Waals surface area contributed by atoms with E-state index in [4.69, 9.17) is 21.9 Å². The third-order valence-electron chi connectivity index (χ3n) is 17.0. The Labute approximate surface area is 425 Å². The molecule has 0 radical (unpaired) electrons. The number of thiazole rings is 1. The topological polar surface area (TPSA) is 151 Å². The van der Waals surface area contributed by atoms with Crippen LogP contribution < -0.4 is 10.9 Å². The molecule has 2 saturated heterocycles. The number of likely N-dealkylation sites (tertiary alicyclic amines) is 2. The van der Waals surface area contributed by atoms with Crippen LogP contribution in [-0.4, -0.2) is 94.6 Å². The Bertz CT molecular complexity index is 3000. The van der Waals surface area contributed by atoms with Gasteiger partial charge < -0.3 is 20.2 Å². The number of amides is 2. The van der Waals surface area contributed by atoms with Crippen molar-refractivity contribution in [1.29, 1.82) is 0 Å². The zero-order valence-electron chi connectivity index (χ0n) is 41.4. The number of halogens is 1. The van der Waals surface area contributed by atoms with E-state index in [9.17, 15) is 19.5 Å². The van der Waals surface area contributed by atoms with Crippen LogP contribution in [-0.2, 0) is 15.0 Å². The number of benzene rings is 3. The van der Waals surface area contributed by atoms with Crippen LogP contribution >= 0.6 is 22.9 Å². The van der Waals surface area contributed by atoms with Crippen molar-refractivity contribution in [2.24, 2.45) is 11.8 Å². The number of nitrogens with one attached hydrogen (secondary N) is 1. The predicted molar refractivity (Wildman–Crippen MR) is 278 cm³/mol. The molecule has 4 atom stereocenters. The molecule has 3 aromatic carbocycles. The molecule has 6 heterocycles. The summed E-state index contributed by atoms with van der Waals surface area (Å²) in [5.74, 6) is 1.84. The molecule has 2 aliphatic carbocycles. The third-order valence-corrected chi connectivity index (χ3v) is 18.3. The summed E-state index contributed by atoms with van der Waals surface area (Å²) in [6.07, 6.45) is 13.1. The molecule has 2 N–H and O–H groups in total. The van der Waals surface area contributed by atoms with E-state index in [2.05, 4.69) is 68.9 Å². The Balaban J connectivity index is 0.710. The van der Waals surface area contributed by atoms with E-state index >= 15 is 0 Å². The number of piperidine rings is 1. The quantitative estimate of drug-likeness (QED) is 0.129. The van der Waals surface area contributed by atoms with E-state index < -0.39 is 23.6 Å². The zero-order valence-corrected chi connectivity index (χ0v) is 43.0. The van der Waals surface area contributed by atoms with Gasteiger partial charge in [-0.05, 0) is 150 Å². The molecule has 15 heteroatoms. The van der Waals surface area contributed by atoms with Gasteiger partial charge in [-0.25, -0.2) is 9.67 Å². The Morgan fingerprint density at radius 3 is 2.44 bits per heavy atom. The highest BCUT2D eigenvalue weighted by Crippen LogP contribution is 2.45. The fraction of sp³-hybridized carbons (Fsp3) is 0.518. The molecule has 5 aliphatic rings. The summed E-state index contributed by atoms with van der Waals surface area (Å²) in [5.41, 5.74) is 9.62. The van der Waals surface area contributed by atoms with Crippen LogP contribution in [0.5, 0.6) is 0 Å². The summed E-state index contributed by atoms with van der Waals surface area (Å²) >= 11 is 8.17. The Hall–Kier alpha value is -5.28. The lowest BCUT2D eigenvalue weighted by atomic mass is 9.79. The summed E-state index contributed by atoms with van der Waals surface area (Å²) < 4.78 is 3.98. The number of β-amino-alcohol motifs (C(OH)–C–C–N with tert-alkyl or cyclic N) is 1. The van der Waals surface area contributed by atoms with Crippen LogP contribution in [0.4, 0.5) is 0 Å². The number of aliphatic hydroxyl groups is 1. The second-order valence-corrected chi connectivity index (χ2v) is 23.1. The minimum atomic E-state index is -0.780. The molecular formula is C56H66ClN9O4S. The number of carbonyl (C=O) groups is 2. The van der Waals surface area contributed by atoms with Crippen molar-refractivity contribution in [2.45, 2.75) is 146 Å². The normalized spacial score (nSPS) is 23.7. The summed E-state index contributed by atoms with van der Waals surface area (Å²) in [6.45, 7) is 11.6. The van der Waals surface area contributed by atoms with Crippen LogP contribution in [0, 0.1) is 18.8 Å². The monoisotopic (exact) mass is 995 g/mol. The van der Waals surface area contributed by atoms with Crippen LogP contribution in [0.25, 0.3) is 27.0 Å². The van der Waals surface area contributed by atoms with E-state index in [1.165, 1.54) is 11.1 Å². The van der Waals surface area contributed by atoms with Gasteiger partial charge in [0, 0.05) is 31.6 Å². The minimum Gasteiger partial charge on any atom is -0.391 e. The molecule has 3 aromatic heterocycles. The number of fused-ring (bicyclic) bond motifs is 5. The average Bonchev–Trinajstić information content (AvgIpc) is 4.18. The lowest BCUT2D eigenvalue weighted by Crippen LogP contribution is -2.50. The highest BCUT2D eigenvalue weighted by Gasteiger charge is 2.45. The number of aryl methyl sites for hydroxylation is 1. The first kappa shape index (κ1) is 48.0. The summed E-state index contributed by atoms with van der Waals surface area (Å²) in [6, 6.07) is 19.1. The molecule has 4 fully saturated rings. The number of hydrogen-bond donors (Lipinski definition) is 2. The summed E-state index contributed by atoms with van der Waals surface area (Å²) in [5, 5.41) is 24.5. The third kappa shape index (κ3) is 9.16. The highest BCUT2D eigenvalue weighted by molar-refractivity contribution is 7.13. The SMILES string of the molecule is Cc1ncsc1-c1ccc([C@H](C)NC(=O)[C@@H]2C[C@@H](O)CN2C(=O)[C@H](C2CCCCC2)n2cc(C3CCC(CN4CCC(c5ccc6c(c5)-n5c(nc(=O)c7c(Cl)cccc75)C6(C)C)CC4)CC3)nn2)cc1. The van der Waals surface area contributed by atoms with Gasteiger partial charge in [-0.15, -0.1) is 16.4 Å². The van der Waals surface area contributed by atoms with Crippen LogP contribution in [0.3, 0.4) is 0 Å². The first-order chi connectivity index (χ1) is 34.3.